The number of likely N-dealkylation sites (N-methyl/N-ethyl adjacent to an activating group) is 1. The van der Waals surface area contributed by atoms with Gasteiger partial charge >= 0.3 is 6.18 Å². The number of anilines is 2. The van der Waals surface area contributed by atoms with E-state index in [4.69, 9.17) is 0 Å². The van der Waals surface area contributed by atoms with Crippen LogP contribution in [0, 0.1) is 18.2 Å². The van der Waals surface area contributed by atoms with Gasteiger partial charge in [0.2, 0.25) is 23.3 Å². The van der Waals surface area contributed by atoms with Crippen molar-refractivity contribution in [3.05, 3.63) is 123 Å². The van der Waals surface area contributed by atoms with Crippen LogP contribution in [0.1, 0.15) is 136 Å². The van der Waals surface area contributed by atoms with Crippen molar-refractivity contribution >= 4 is 52.2 Å². The number of β-amino-alcohol motifs (C(OH)–C–C–N with tert-alkyl or cyclic N) is 1. The summed E-state index contributed by atoms with van der Waals surface area (Å²) in [7, 11) is 1.99. The number of nitrogens with zero attached hydrogens (tertiary/aromatic N) is 4. The van der Waals surface area contributed by atoms with Crippen LogP contribution in [0.5, 0.6) is 0 Å². The number of amides is 5. The lowest BCUT2D eigenvalue weighted by Crippen LogP contribution is -2.57. The molecule has 16 nitrogen and oxygen atoms in total. The van der Waals surface area contributed by atoms with Crippen LogP contribution >= 0.6 is 11.3 Å². The van der Waals surface area contributed by atoms with Crippen molar-refractivity contribution in [2.24, 2.45) is 5.41 Å². The van der Waals surface area contributed by atoms with E-state index in [9.17, 15) is 47.0 Å². The number of rotatable bonds is 22. The Morgan fingerprint density at radius 3 is 2.12 bits per heavy atom. The predicted octanol–water partition coefficient (Wildman–Crippen LogP) is 9.46. The molecule has 0 bridgehead atoms. The van der Waals surface area contributed by atoms with E-state index >= 15 is 4.39 Å². The third-order valence-corrected chi connectivity index (χ3v) is 16.3. The Bertz CT molecular complexity index is 3080. The molecule has 3 aromatic carbocycles. The van der Waals surface area contributed by atoms with Crippen LogP contribution in [0.4, 0.5) is 28.9 Å². The van der Waals surface area contributed by atoms with Crippen molar-refractivity contribution < 1.29 is 46.6 Å². The molecule has 2 saturated heterocycles. The Balaban J connectivity index is 0.837. The van der Waals surface area contributed by atoms with E-state index in [1.165, 1.54) is 29.2 Å². The molecule has 0 saturated carbocycles. The SMILES string of the molecule is Cc1ncsc1-c1ccc(CNC(=O)[C@@H]2C[C@@H](O)CN2C(=O)C(NC(=O)CCCCCCCCCCNC(=O)c2ccc(F)c(-c3ccc(N4C[C@@H](C)N(C)[C@@H](C)C4)c(NC(=O)c4c[nH]c(=O)cc4C(F)(F)F)c3)c2)C(C)(C)C)cc1. The number of aliphatic hydroxyl groups excluding tert-OH is 1. The molecule has 5 atom stereocenters. The molecule has 7 rings (SSSR count). The van der Waals surface area contributed by atoms with Gasteiger partial charge in [0.05, 0.1) is 44.7 Å². The zero-order valence-electron chi connectivity index (χ0n) is 47.1. The number of pyridine rings is 1. The Morgan fingerprint density at radius 1 is 0.827 bits per heavy atom. The molecular weight excluding hydrogens is 1070 g/mol. The van der Waals surface area contributed by atoms with E-state index in [-0.39, 0.29) is 72.2 Å². The fourth-order valence-corrected chi connectivity index (χ4v) is 11.3. The number of aromatic amines is 1. The summed E-state index contributed by atoms with van der Waals surface area (Å²) in [5, 5.41) is 22.0. The maximum Gasteiger partial charge on any atom is 0.417 e. The zero-order valence-corrected chi connectivity index (χ0v) is 47.9. The lowest BCUT2D eigenvalue weighted by Gasteiger charge is -2.44. The molecule has 2 aliphatic rings. The van der Waals surface area contributed by atoms with Gasteiger partial charge in [-0.3, -0.25) is 33.7 Å². The van der Waals surface area contributed by atoms with E-state index < -0.39 is 70.0 Å². The number of carbonyl (C=O) groups is 5. The average Bonchev–Trinajstić information content (AvgIpc) is 4.08. The van der Waals surface area contributed by atoms with Crippen LogP contribution in [0.3, 0.4) is 0 Å². The van der Waals surface area contributed by atoms with Gasteiger partial charge in [-0.25, -0.2) is 9.37 Å². The highest BCUT2D eigenvalue weighted by molar-refractivity contribution is 7.13. The van der Waals surface area contributed by atoms with Crippen molar-refractivity contribution in [2.45, 2.75) is 149 Å². The van der Waals surface area contributed by atoms with Gasteiger partial charge in [-0.15, -0.1) is 11.3 Å². The number of carbonyl (C=O) groups excluding carboxylic acids is 5. The summed E-state index contributed by atoms with van der Waals surface area (Å²) >= 11 is 1.56. The van der Waals surface area contributed by atoms with Crippen molar-refractivity contribution in [2.75, 3.05) is 43.4 Å². The summed E-state index contributed by atoms with van der Waals surface area (Å²) in [6.07, 6.45) is 1.95. The molecule has 5 aromatic rings. The molecule has 81 heavy (non-hydrogen) atoms. The number of aliphatic hydroxyl groups is 1. The molecule has 6 N–H and O–H groups in total. The minimum atomic E-state index is -4.99. The summed E-state index contributed by atoms with van der Waals surface area (Å²) < 4.78 is 57.6. The highest BCUT2D eigenvalue weighted by Gasteiger charge is 2.44. The number of hydrogen-bond acceptors (Lipinski definition) is 11. The van der Waals surface area contributed by atoms with Crippen molar-refractivity contribution in [1.82, 2.24) is 35.7 Å². The topological polar surface area (TPSA) is 209 Å². The molecule has 4 heterocycles. The number of H-pyrrole nitrogens is 1. The molecule has 1 unspecified atom stereocenters. The number of unbranched alkanes of at least 4 members (excludes halogenated alkanes) is 7. The molecular formula is C60H75F4N9O7S. The van der Waals surface area contributed by atoms with E-state index in [2.05, 4.69) is 36.1 Å². The summed E-state index contributed by atoms with van der Waals surface area (Å²) in [5.74, 6) is -3.23. The lowest BCUT2D eigenvalue weighted by atomic mass is 9.85. The zero-order chi connectivity index (χ0) is 58.8. The number of alkyl halides is 3. The van der Waals surface area contributed by atoms with Gasteiger partial charge < -0.3 is 41.2 Å². The van der Waals surface area contributed by atoms with Gasteiger partial charge in [-0.2, -0.15) is 13.2 Å². The second-order valence-electron chi connectivity index (χ2n) is 22.5. The minimum Gasteiger partial charge on any atom is -0.391 e. The normalized spacial score (nSPS) is 18.1. The molecule has 0 radical (unpaired) electrons. The monoisotopic (exact) mass is 1140 g/mol. The highest BCUT2D eigenvalue weighted by atomic mass is 32.1. The first-order valence-electron chi connectivity index (χ1n) is 27.7. The van der Waals surface area contributed by atoms with E-state index in [0.29, 0.717) is 44.2 Å². The van der Waals surface area contributed by atoms with Crippen molar-refractivity contribution in [1.29, 1.82) is 0 Å². The van der Waals surface area contributed by atoms with Crippen LogP contribution in [-0.4, -0.2) is 118 Å². The summed E-state index contributed by atoms with van der Waals surface area (Å²) in [6.45, 7) is 13.3. The number of thiazole rings is 1. The lowest BCUT2D eigenvalue weighted by molar-refractivity contribution is -0.144. The number of aryl methyl sites for hydroxylation is 1. The van der Waals surface area contributed by atoms with Crippen LogP contribution in [-0.2, 0) is 27.1 Å². The summed E-state index contributed by atoms with van der Waals surface area (Å²) in [5.41, 5.74) is 1.92. The van der Waals surface area contributed by atoms with Crippen LogP contribution in [0.15, 0.2) is 83.2 Å². The summed E-state index contributed by atoms with van der Waals surface area (Å²) in [6, 6.07) is 15.3. The number of hydrogen-bond donors (Lipinski definition) is 6. The number of nitrogens with one attached hydrogen (secondary N) is 5. The minimum absolute atomic E-state index is 0.0105. The Labute approximate surface area is 474 Å². The Hall–Kier alpha value is -6.97. The predicted molar refractivity (Wildman–Crippen MR) is 306 cm³/mol. The van der Waals surface area contributed by atoms with Gasteiger partial charge in [0.1, 0.15) is 17.9 Å². The third kappa shape index (κ3) is 16.2. The molecule has 436 valence electrons. The van der Waals surface area contributed by atoms with Crippen molar-refractivity contribution in [3.63, 3.8) is 0 Å². The molecule has 2 aromatic heterocycles. The fraction of sp³-hybridized carbons (Fsp3) is 0.483. The second-order valence-corrected chi connectivity index (χ2v) is 23.4. The Morgan fingerprint density at radius 2 is 1.48 bits per heavy atom. The van der Waals surface area contributed by atoms with E-state index in [1.54, 1.807) is 29.0 Å². The maximum absolute atomic E-state index is 15.6. The van der Waals surface area contributed by atoms with Crippen molar-refractivity contribution in [3.8, 4) is 21.6 Å². The number of aromatic nitrogens is 2. The Kier molecular flexibility index (Phi) is 20.7. The molecule has 2 aliphatic heterocycles. The number of benzene rings is 3. The average molecular weight is 1140 g/mol. The molecule has 2 fully saturated rings. The van der Waals surface area contributed by atoms with Gasteiger partial charge in [-0.05, 0) is 93.1 Å². The van der Waals surface area contributed by atoms with E-state index in [1.807, 2.05) is 77.8 Å². The quantitative estimate of drug-likeness (QED) is 0.0286. The van der Waals surface area contributed by atoms with E-state index in [0.717, 1.165) is 66.4 Å². The van der Waals surface area contributed by atoms with Crippen LogP contribution < -0.4 is 31.7 Å². The van der Waals surface area contributed by atoms with Gasteiger partial charge in [0.15, 0.2) is 0 Å². The largest absolute Gasteiger partial charge is 0.417 e. The number of halogens is 4. The first-order valence-corrected chi connectivity index (χ1v) is 28.6. The van der Waals surface area contributed by atoms with Crippen LogP contribution in [0.25, 0.3) is 21.6 Å². The number of likely N-dealkylation sites (tertiary alicyclic amines) is 1. The molecule has 5 amide bonds. The summed E-state index contributed by atoms with van der Waals surface area (Å²) in [4.78, 5) is 92.7. The standard InChI is InChI=1S/C60H75F4N9O7S/c1-36-32-72(33-37(2)71(36)7)49-24-22-41(27-48(49)69-56(78)45-31-66-52(76)29-46(45)60(62,63)64)44-26-42(21-23-47(44)61)55(77)65-25-15-13-11-9-8-10-12-14-16-51(75)70-54(59(4,5)6)58(80)73-34-43(74)28-50(73)57(79)67-30-39-17-19-40(20-18-39)53-38(3)68-35-81-53/h17-24,26-27,29,31,35-37,43,50,54,74H,8-16,25,28,30,32-34H2,1-7H3,(H,65,77)(H,66,76)(H,67,79)(H,69,78)(H,70,75)/t36-,37+,43-,50+,54?/m1/s1. The molecule has 0 spiro atoms. The van der Waals surface area contributed by atoms with Gasteiger partial charge in [0.25, 0.3) is 11.8 Å². The molecule has 0 aliphatic carbocycles. The van der Waals surface area contributed by atoms with Gasteiger partial charge in [-0.1, -0.05) is 89.6 Å². The van der Waals surface area contributed by atoms with Crippen LogP contribution in [0.2, 0.25) is 0 Å². The first-order chi connectivity index (χ1) is 38.4. The smallest absolute Gasteiger partial charge is 0.391 e. The highest BCUT2D eigenvalue weighted by Crippen LogP contribution is 2.37. The molecule has 21 heteroatoms. The van der Waals surface area contributed by atoms with Gasteiger partial charge in [0, 0.05) is 81.0 Å². The number of piperazine rings is 1. The third-order valence-electron chi connectivity index (χ3n) is 15.3. The first kappa shape index (κ1) is 61.6. The second kappa shape index (κ2) is 27.2. The maximum atomic E-state index is 15.6. The fourth-order valence-electron chi connectivity index (χ4n) is 10.4.